The summed E-state index contributed by atoms with van der Waals surface area (Å²) >= 11 is 5.98. The summed E-state index contributed by atoms with van der Waals surface area (Å²) in [6.07, 6.45) is -1.78. The van der Waals surface area contributed by atoms with E-state index in [1.54, 1.807) is 19.2 Å². The van der Waals surface area contributed by atoms with Crippen molar-refractivity contribution >= 4 is 23.5 Å². The second kappa shape index (κ2) is 9.23. The van der Waals surface area contributed by atoms with Gasteiger partial charge in [-0.15, -0.1) is 5.10 Å². The quantitative estimate of drug-likeness (QED) is 0.289. The van der Waals surface area contributed by atoms with Gasteiger partial charge in [0.1, 0.15) is 23.3 Å². The van der Waals surface area contributed by atoms with Crippen LogP contribution in [-0.4, -0.2) is 48.1 Å². The minimum atomic E-state index is -2.35. The van der Waals surface area contributed by atoms with Crippen molar-refractivity contribution in [1.29, 1.82) is 0 Å². The van der Waals surface area contributed by atoms with Gasteiger partial charge in [0, 0.05) is 35.3 Å². The van der Waals surface area contributed by atoms with Crippen molar-refractivity contribution in [1.82, 2.24) is 30.3 Å². The molecular weight excluding hydrogens is 515 g/mol. The van der Waals surface area contributed by atoms with Gasteiger partial charge >= 0.3 is 6.09 Å². The van der Waals surface area contributed by atoms with E-state index in [1.807, 2.05) is 0 Å². The zero-order valence-corrected chi connectivity index (χ0v) is 20.5. The van der Waals surface area contributed by atoms with Gasteiger partial charge in [0.2, 0.25) is 6.43 Å². The Morgan fingerprint density at radius 1 is 1.24 bits per heavy atom. The van der Waals surface area contributed by atoms with Gasteiger partial charge in [-0.25, -0.2) is 27.6 Å². The fourth-order valence-corrected chi connectivity index (χ4v) is 5.33. The summed E-state index contributed by atoms with van der Waals surface area (Å²) < 4.78 is 46.2. The first-order chi connectivity index (χ1) is 17.5. The van der Waals surface area contributed by atoms with E-state index < -0.39 is 41.6 Å². The number of ether oxygens (including phenoxy) is 1. The highest BCUT2D eigenvalue weighted by Crippen LogP contribution is 2.70. The predicted octanol–water partition coefficient (Wildman–Crippen LogP) is 4.14. The summed E-state index contributed by atoms with van der Waals surface area (Å²) in [5, 5.41) is 24.1. The highest BCUT2D eigenvalue weighted by molar-refractivity contribution is 6.30. The first kappa shape index (κ1) is 25.4. The van der Waals surface area contributed by atoms with Crippen LogP contribution in [0.15, 0.2) is 30.6 Å². The molecule has 14 heteroatoms. The first-order valence-electron chi connectivity index (χ1n) is 11.4. The standard InChI is InChI=1S/C23H23ClF3N7O3/c1-11(14-5-13(25)7-29-17(14)24)37-21(36)30-18-16(32-33-34(18)2)15-4-3-12(6-28-15)19(35)31-23-8-22(9-23,10-23)20(26)27/h3-7,11,19-20,31,35H,8-10H2,1-2H3,(H,30,36)/t11-,19?,22?,23?/m1/s1. The summed E-state index contributed by atoms with van der Waals surface area (Å²) in [7, 11) is 1.56. The summed E-state index contributed by atoms with van der Waals surface area (Å²) in [4.78, 5) is 20.6. The second-order valence-electron chi connectivity index (χ2n) is 9.61. The number of aliphatic hydroxyl groups is 1. The topological polar surface area (TPSA) is 127 Å². The maximum absolute atomic E-state index is 13.5. The van der Waals surface area contributed by atoms with Crippen molar-refractivity contribution in [3.05, 3.63) is 52.7 Å². The molecule has 3 saturated carbocycles. The Morgan fingerprint density at radius 2 is 1.97 bits per heavy atom. The predicted molar refractivity (Wildman–Crippen MR) is 125 cm³/mol. The van der Waals surface area contributed by atoms with Crippen LogP contribution in [0.3, 0.4) is 0 Å². The van der Waals surface area contributed by atoms with Crippen molar-refractivity contribution < 1.29 is 27.8 Å². The number of halogens is 4. The minimum Gasteiger partial charge on any atom is -0.441 e. The molecule has 3 aromatic rings. The number of aromatic nitrogens is 5. The van der Waals surface area contributed by atoms with Gasteiger partial charge in [0.05, 0.1) is 11.9 Å². The molecule has 3 aliphatic rings. The largest absolute Gasteiger partial charge is 0.441 e. The lowest BCUT2D eigenvalue weighted by atomic mass is 9.39. The second-order valence-corrected chi connectivity index (χ2v) is 9.97. The number of aliphatic hydroxyl groups excluding tert-OH is 1. The summed E-state index contributed by atoms with van der Waals surface area (Å²) in [6.45, 7) is 1.52. The number of aryl methyl sites for hydroxylation is 1. The Bertz CT molecular complexity index is 1320. The van der Waals surface area contributed by atoms with Crippen LogP contribution in [0.2, 0.25) is 5.15 Å². The van der Waals surface area contributed by atoms with Crippen molar-refractivity contribution in [2.75, 3.05) is 5.32 Å². The average Bonchev–Trinajstić information content (AvgIpc) is 3.16. The maximum atomic E-state index is 13.5. The SMILES string of the molecule is C[C@@H](OC(=O)Nc1c(-c2ccc(C(O)NC34CC(C(F)F)(C3)C4)cn2)nnn1C)c1cc(F)cnc1Cl. The van der Waals surface area contributed by atoms with E-state index in [4.69, 9.17) is 16.3 Å². The maximum Gasteiger partial charge on any atom is 0.413 e. The van der Waals surface area contributed by atoms with Crippen LogP contribution in [0.5, 0.6) is 0 Å². The van der Waals surface area contributed by atoms with E-state index in [1.165, 1.54) is 17.8 Å². The number of alkyl halides is 2. The van der Waals surface area contributed by atoms with Crippen molar-refractivity contribution in [3.8, 4) is 11.4 Å². The highest BCUT2D eigenvalue weighted by Gasteiger charge is 2.72. The van der Waals surface area contributed by atoms with Crippen LogP contribution in [0.4, 0.5) is 23.8 Å². The van der Waals surface area contributed by atoms with Crippen LogP contribution in [0.1, 0.15) is 49.6 Å². The van der Waals surface area contributed by atoms with Gasteiger partial charge in [0.25, 0.3) is 0 Å². The summed E-state index contributed by atoms with van der Waals surface area (Å²) in [5.74, 6) is -0.435. The zero-order valence-electron chi connectivity index (χ0n) is 19.8. The van der Waals surface area contributed by atoms with Gasteiger partial charge in [-0.05, 0) is 38.3 Å². The molecule has 3 fully saturated rings. The van der Waals surface area contributed by atoms with Crippen molar-refractivity contribution in [2.24, 2.45) is 12.5 Å². The molecule has 1 amide bonds. The smallest absolute Gasteiger partial charge is 0.413 e. The molecule has 6 rings (SSSR count). The van der Waals surface area contributed by atoms with Gasteiger partial charge in [-0.1, -0.05) is 22.9 Å². The Hall–Kier alpha value is -3.29. The van der Waals surface area contributed by atoms with E-state index in [2.05, 4.69) is 30.9 Å². The van der Waals surface area contributed by atoms with Gasteiger partial charge in [0.15, 0.2) is 11.5 Å². The molecule has 3 N–H and O–H groups in total. The fourth-order valence-electron chi connectivity index (χ4n) is 5.07. The van der Waals surface area contributed by atoms with E-state index >= 15 is 0 Å². The molecule has 2 atom stereocenters. The molecule has 0 aromatic carbocycles. The Kier molecular flexibility index (Phi) is 6.32. The molecule has 3 heterocycles. The molecule has 0 spiro atoms. The number of rotatable bonds is 8. The first-order valence-corrected chi connectivity index (χ1v) is 11.8. The Balaban J connectivity index is 1.24. The third-order valence-electron chi connectivity index (χ3n) is 6.92. The lowest BCUT2D eigenvalue weighted by Crippen LogP contribution is -2.76. The van der Waals surface area contributed by atoms with Crippen molar-refractivity contribution in [2.45, 2.75) is 50.5 Å². The molecule has 1 unspecified atom stereocenters. The minimum absolute atomic E-state index is 0.00752. The monoisotopic (exact) mass is 537 g/mol. The molecule has 3 aromatic heterocycles. The number of carbonyl (C=O) groups is 1. The number of amides is 1. The number of nitrogens with one attached hydrogen (secondary N) is 2. The molecule has 0 saturated heterocycles. The van der Waals surface area contributed by atoms with E-state index in [0.717, 1.165) is 12.3 Å². The lowest BCUT2D eigenvalue weighted by Gasteiger charge is -2.70. The van der Waals surface area contributed by atoms with Crippen LogP contribution >= 0.6 is 11.6 Å². The van der Waals surface area contributed by atoms with Gasteiger partial charge in [-0.3, -0.25) is 15.6 Å². The van der Waals surface area contributed by atoms with Crippen LogP contribution in [0, 0.1) is 11.2 Å². The number of nitrogens with zero attached hydrogens (tertiary/aromatic N) is 5. The lowest BCUT2D eigenvalue weighted by molar-refractivity contribution is -0.239. The molecule has 10 nitrogen and oxygen atoms in total. The molecule has 0 radical (unpaired) electrons. The average molecular weight is 538 g/mol. The van der Waals surface area contributed by atoms with Crippen LogP contribution in [0.25, 0.3) is 11.4 Å². The fraction of sp³-hybridized carbons (Fsp3) is 0.435. The van der Waals surface area contributed by atoms with Crippen LogP contribution < -0.4 is 10.6 Å². The van der Waals surface area contributed by atoms with Gasteiger partial charge in [-0.2, -0.15) is 0 Å². The molecule has 3 aliphatic carbocycles. The Morgan fingerprint density at radius 3 is 2.62 bits per heavy atom. The van der Waals surface area contributed by atoms with Crippen molar-refractivity contribution in [3.63, 3.8) is 0 Å². The normalized spacial score (nSPS) is 23.7. The Labute approximate surface area is 214 Å². The van der Waals surface area contributed by atoms with Crippen LogP contribution in [-0.2, 0) is 11.8 Å². The molecule has 2 bridgehead atoms. The third-order valence-corrected chi connectivity index (χ3v) is 7.24. The molecule has 196 valence electrons. The summed E-state index contributed by atoms with van der Waals surface area (Å²) in [6, 6.07) is 4.33. The third kappa shape index (κ3) is 4.62. The highest BCUT2D eigenvalue weighted by atomic mass is 35.5. The zero-order chi connectivity index (χ0) is 26.5. The van der Waals surface area contributed by atoms with E-state index in [-0.39, 0.29) is 22.2 Å². The number of hydrogen-bond acceptors (Lipinski definition) is 8. The van der Waals surface area contributed by atoms with E-state index in [9.17, 15) is 23.1 Å². The molecular formula is C23H23ClF3N7O3. The number of anilines is 1. The summed E-state index contributed by atoms with van der Waals surface area (Å²) in [5.41, 5.74) is -0.111. The molecule has 0 aliphatic heterocycles. The van der Waals surface area contributed by atoms with E-state index in [0.29, 0.717) is 30.5 Å². The number of hydrogen-bond donors (Lipinski definition) is 3. The van der Waals surface area contributed by atoms with Gasteiger partial charge < -0.3 is 9.84 Å². The molecule has 37 heavy (non-hydrogen) atoms. The number of pyridine rings is 2. The number of carbonyl (C=O) groups excluding carboxylic acids is 1.